The molecule has 106 valence electrons. The molecular weight excluding hydrogens is 250 g/mol. The molecule has 4 nitrogen and oxygen atoms in total. The van der Waals surface area contributed by atoms with E-state index in [1.807, 2.05) is 11.6 Å². The second kappa shape index (κ2) is 4.94. The van der Waals surface area contributed by atoms with Crippen molar-refractivity contribution >= 4 is 16.8 Å². The predicted molar refractivity (Wildman–Crippen MR) is 81.4 cm³/mol. The third-order valence-corrected chi connectivity index (χ3v) is 4.05. The molecule has 1 aliphatic heterocycles. The van der Waals surface area contributed by atoms with Gasteiger partial charge in [-0.2, -0.15) is 0 Å². The van der Waals surface area contributed by atoms with Gasteiger partial charge in [-0.1, -0.05) is 18.6 Å². The molecule has 1 amide bonds. The molecule has 3 rings (SSSR count). The monoisotopic (exact) mass is 271 g/mol. The molecule has 20 heavy (non-hydrogen) atoms. The largest absolute Gasteiger partial charge is 0.302 e. The first kappa shape index (κ1) is 13.2. The molecule has 0 saturated carbocycles. The van der Waals surface area contributed by atoms with Crippen LogP contribution in [0.1, 0.15) is 30.2 Å². The van der Waals surface area contributed by atoms with Gasteiger partial charge in [-0.15, -0.1) is 0 Å². The van der Waals surface area contributed by atoms with Crippen LogP contribution in [0.5, 0.6) is 0 Å². The van der Waals surface area contributed by atoms with E-state index >= 15 is 0 Å². The van der Waals surface area contributed by atoms with Gasteiger partial charge in [-0.25, -0.2) is 0 Å². The zero-order valence-corrected chi connectivity index (χ0v) is 12.4. The molecule has 1 N–H and O–H groups in total. The van der Waals surface area contributed by atoms with Crippen LogP contribution in [0.15, 0.2) is 18.2 Å². The minimum absolute atomic E-state index is 0.0594. The number of fused-ring (bicyclic) bond motifs is 3. The van der Waals surface area contributed by atoms with Crippen LogP contribution in [0, 0.1) is 6.92 Å². The highest BCUT2D eigenvalue weighted by Crippen LogP contribution is 2.30. The van der Waals surface area contributed by atoms with Crippen LogP contribution in [-0.4, -0.2) is 29.1 Å². The van der Waals surface area contributed by atoms with Crippen molar-refractivity contribution in [3.05, 3.63) is 35.0 Å². The smallest absolute Gasteiger partial charge is 0.238 e. The molecule has 0 spiro atoms. The highest BCUT2D eigenvalue weighted by molar-refractivity contribution is 5.91. The van der Waals surface area contributed by atoms with Gasteiger partial charge in [-0.3, -0.25) is 14.9 Å². The molecule has 0 bridgehead atoms. The molecule has 1 aliphatic rings. The summed E-state index contributed by atoms with van der Waals surface area (Å²) < 4.78 is 2.00. The third kappa shape index (κ3) is 2.10. The fourth-order valence-electron chi connectivity index (χ4n) is 2.94. The van der Waals surface area contributed by atoms with E-state index in [0.29, 0.717) is 6.42 Å². The van der Waals surface area contributed by atoms with Crippen molar-refractivity contribution < 1.29 is 4.79 Å². The summed E-state index contributed by atoms with van der Waals surface area (Å²) in [6, 6.07) is 6.44. The summed E-state index contributed by atoms with van der Waals surface area (Å²) in [5, 5.41) is 1.27. The van der Waals surface area contributed by atoms with Crippen LogP contribution < -0.4 is 5.43 Å². The van der Waals surface area contributed by atoms with Gasteiger partial charge in [0.05, 0.1) is 5.52 Å². The molecular formula is C16H21N3O. The Hall–Kier alpha value is -1.81. The molecule has 0 radical (unpaired) electrons. The van der Waals surface area contributed by atoms with Crippen molar-refractivity contribution in [1.29, 1.82) is 0 Å². The second-order valence-electron chi connectivity index (χ2n) is 5.66. The number of hydrogen-bond acceptors (Lipinski definition) is 2. The lowest BCUT2D eigenvalue weighted by molar-refractivity contribution is -0.116. The molecule has 2 aromatic rings. The summed E-state index contributed by atoms with van der Waals surface area (Å²) >= 11 is 0. The number of rotatable bonds is 2. The molecule has 4 heteroatoms. The summed E-state index contributed by atoms with van der Waals surface area (Å²) in [4.78, 5) is 14.1. The number of nitrogens with one attached hydrogen (secondary N) is 1. The van der Waals surface area contributed by atoms with Crippen LogP contribution in [0.2, 0.25) is 0 Å². The van der Waals surface area contributed by atoms with Crippen LogP contribution in [-0.2, 0) is 17.8 Å². The predicted octanol–water partition coefficient (Wildman–Crippen LogP) is 2.42. The van der Waals surface area contributed by atoms with Gasteiger partial charge in [0.1, 0.15) is 0 Å². The summed E-state index contributed by atoms with van der Waals surface area (Å²) in [7, 11) is 2.15. The van der Waals surface area contributed by atoms with Gasteiger partial charge in [0.25, 0.3) is 0 Å². The Morgan fingerprint density at radius 1 is 1.40 bits per heavy atom. The van der Waals surface area contributed by atoms with E-state index in [1.54, 1.807) is 0 Å². The van der Waals surface area contributed by atoms with Crippen molar-refractivity contribution in [3.63, 3.8) is 0 Å². The molecule has 2 heterocycles. The number of benzene rings is 1. The van der Waals surface area contributed by atoms with Gasteiger partial charge in [0.2, 0.25) is 5.91 Å². The van der Waals surface area contributed by atoms with E-state index < -0.39 is 0 Å². The number of nitrogens with zero attached hydrogens (tertiary/aromatic N) is 2. The van der Waals surface area contributed by atoms with Gasteiger partial charge < -0.3 is 4.90 Å². The van der Waals surface area contributed by atoms with Crippen LogP contribution >= 0.6 is 0 Å². The summed E-state index contributed by atoms with van der Waals surface area (Å²) in [5.41, 5.74) is 8.01. The fraction of sp³-hybridized carbons (Fsp3) is 0.438. The van der Waals surface area contributed by atoms with Gasteiger partial charge >= 0.3 is 0 Å². The second-order valence-corrected chi connectivity index (χ2v) is 5.66. The minimum Gasteiger partial charge on any atom is -0.302 e. The standard InChI is InChI=1S/C16H21N3O/c1-4-16(20)17-19-14-6-5-11(2)9-12(14)13-10-18(3)8-7-15(13)19/h5-6,9H,4,7-8,10H2,1-3H3,(H,17,20). The quantitative estimate of drug-likeness (QED) is 0.911. The lowest BCUT2D eigenvalue weighted by Crippen LogP contribution is -2.30. The van der Waals surface area contributed by atoms with Crippen molar-refractivity contribution in [2.45, 2.75) is 33.2 Å². The lowest BCUT2D eigenvalue weighted by Gasteiger charge is -2.24. The molecule has 0 fully saturated rings. The number of aromatic nitrogens is 1. The van der Waals surface area contributed by atoms with E-state index in [1.165, 1.54) is 22.2 Å². The molecule has 0 atom stereocenters. The summed E-state index contributed by atoms with van der Waals surface area (Å²) in [6.45, 7) is 5.97. The maximum atomic E-state index is 11.8. The number of amides is 1. The molecule has 1 aromatic heterocycles. The Bertz CT molecular complexity index is 672. The SMILES string of the molecule is CCC(=O)Nn1c2c(c3cc(C)ccc31)CN(C)CC2. The molecule has 0 unspecified atom stereocenters. The van der Waals surface area contributed by atoms with Crippen molar-refractivity contribution in [2.75, 3.05) is 19.0 Å². The van der Waals surface area contributed by atoms with E-state index in [-0.39, 0.29) is 5.91 Å². The Morgan fingerprint density at radius 3 is 2.95 bits per heavy atom. The van der Waals surface area contributed by atoms with E-state index in [9.17, 15) is 4.79 Å². The van der Waals surface area contributed by atoms with Crippen LogP contribution in [0.4, 0.5) is 0 Å². The zero-order valence-electron chi connectivity index (χ0n) is 12.4. The van der Waals surface area contributed by atoms with Crippen molar-refractivity contribution in [3.8, 4) is 0 Å². The first-order chi connectivity index (χ1) is 9.60. The van der Waals surface area contributed by atoms with Gasteiger partial charge in [0, 0.05) is 37.0 Å². The van der Waals surface area contributed by atoms with Crippen molar-refractivity contribution in [1.82, 2.24) is 9.58 Å². The maximum Gasteiger partial charge on any atom is 0.238 e. The van der Waals surface area contributed by atoms with Gasteiger partial charge in [-0.05, 0) is 31.7 Å². The Morgan fingerprint density at radius 2 is 2.20 bits per heavy atom. The first-order valence-electron chi connectivity index (χ1n) is 7.21. The van der Waals surface area contributed by atoms with Crippen LogP contribution in [0.3, 0.4) is 0 Å². The molecule has 1 aromatic carbocycles. The van der Waals surface area contributed by atoms with Crippen LogP contribution in [0.25, 0.3) is 10.9 Å². The topological polar surface area (TPSA) is 37.3 Å². The zero-order chi connectivity index (χ0) is 14.3. The Labute approximate surface area is 119 Å². The van der Waals surface area contributed by atoms with E-state index in [2.05, 4.69) is 42.5 Å². The average molecular weight is 271 g/mol. The maximum absolute atomic E-state index is 11.8. The number of carbonyl (C=O) groups is 1. The number of hydrogen-bond donors (Lipinski definition) is 1. The minimum atomic E-state index is 0.0594. The fourth-order valence-corrected chi connectivity index (χ4v) is 2.94. The normalized spacial score (nSPS) is 15.3. The number of likely N-dealkylation sites (N-methyl/N-ethyl adjacent to an activating group) is 1. The summed E-state index contributed by atoms with van der Waals surface area (Å²) in [5.74, 6) is 0.0594. The first-order valence-corrected chi connectivity index (χ1v) is 7.21. The van der Waals surface area contributed by atoms with E-state index in [0.717, 1.165) is 25.0 Å². The van der Waals surface area contributed by atoms with Gasteiger partial charge in [0.15, 0.2) is 0 Å². The Kier molecular flexibility index (Phi) is 3.26. The summed E-state index contributed by atoms with van der Waals surface area (Å²) in [6.07, 6.45) is 1.48. The van der Waals surface area contributed by atoms with Crippen molar-refractivity contribution in [2.24, 2.45) is 0 Å². The number of carbonyl (C=O) groups excluding carboxylic acids is 1. The molecule has 0 aliphatic carbocycles. The highest BCUT2D eigenvalue weighted by atomic mass is 16.2. The Balaban J connectivity index is 2.20. The number of aryl methyl sites for hydroxylation is 1. The highest BCUT2D eigenvalue weighted by Gasteiger charge is 2.23. The molecule has 0 saturated heterocycles. The van der Waals surface area contributed by atoms with E-state index in [4.69, 9.17) is 0 Å². The third-order valence-electron chi connectivity index (χ3n) is 4.05. The lowest BCUT2D eigenvalue weighted by atomic mass is 10.0. The average Bonchev–Trinajstić information content (AvgIpc) is 2.72.